The monoisotopic (exact) mass is 435 g/mol. The molecule has 3 aromatic rings. The van der Waals surface area contributed by atoms with Gasteiger partial charge in [-0.2, -0.15) is 0 Å². The van der Waals surface area contributed by atoms with Gasteiger partial charge in [-0.25, -0.2) is 4.79 Å². The van der Waals surface area contributed by atoms with E-state index in [2.05, 4.69) is 31.9 Å². The van der Waals surface area contributed by atoms with Crippen LogP contribution in [0.3, 0.4) is 0 Å². The molecule has 0 saturated heterocycles. The summed E-state index contributed by atoms with van der Waals surface area (Å²) in [6.07, 6.45) is 0. The number of para-hydroxylation sites is 1. The zero-order valence-corrected chi connectivity index (χ0v) is 16.1. The zero-order chi connectivity index (χ0) is 17.6. The summed E-state index contributed by atoms with van der Waals surface area (Å²) in [4.78, 5) is 25.7. The number of rotatable bonds is 5. The fourth-order valence-corrected chi connectivity index (χ4v) is 4.23. The van der Waals surface area contributed by atoms with Crippen LogP contribution >= 0.6 is 38.6 Å². The minimum absolute atomic E-state index is 0.161. The summed E-state index contributed by atoms with van der Waals surface area (Å²) in [5, 5.41) is 10.9. The van der Waals surface area contributed by atoms with Gasteiger partial charge in [0.2, 0.25) is 0 Å². The average Bonchev–Trinajstić information content (AvgIpc) is 3.22. The van der Waals surface area contributed by atoms with Crippen LogP contribution < -0.4 is 16.0 Å². The predicted octanol–water partition coefficient (Wildman–Crippen LogP) is 5.15. The van der Waals surface area contributed by atoms with Crippen LogP contribution in [0.25, 0.3) is 0 Å². The second kappa shape index (κ2) is 8.28. The first-order chi connectivity index (χ1) is 12.1. The first-order valence-electron chi connectivity index (χ1n) is 7.34. The third kappa shape index (κ3) is 5.15. The van der Waals surface area contributed by atoms with Crippen molar-refractivity contribution in [1.29, 1.82) is 0 Å². The van der Waals surface area contributed by atoms with Crippen LogP contribution in [0.15, 0.2) is 58.4 Å². The number of hydrogen-bond acceptors (Lipinski definition) is 4. The number of amides is 3. The van der Waals surface area contributed by atoms with Crippen molar-refractivity contribution >= 4 is 61.2 Å². The molecule has 2 heterocycles. The summed E-state index contributed by atoms with van der Waals surface area (Å²) in [6.45, 7) is 0.476. The minimum atomic E-state index is -0.344. The van der Waals surface area contributed by atoms with Gasteiger partial charge in [-0.15, -0.1) is 22.7 Å². The number of halogens is 1. The van der Waals surface area contributed by atoms with Gasteiger partial charge in [-0.1, -0.05) is 18.2 Å². The van der Waals surface area contributed by atoms with E-state index in [1.165, 1.54) is 11.3 Å². The lowest BCUT2D eigenvalue weighted by molar-refractivity contribution is 0.0955. The molecule has 3 N–H and O–H groups in total. The van der Waals surface area contributed by atoms with Gasteiger partial charge in [0, 0.05) is 20.4 Å². The third-order valence-corrected chi connectivity index (χ3v) is 5.84. The molecule has 0 fully saturated rings. The van der Waals surface area contributed by atoms with E-state index < -0.39 is 0 Å². The molecule has 5 nitrogen and oxygen atoms in total. The maximum absolute atomic E-state index is 12.2. The van der Waals surface area contributed by atoms with E-state index in [9.17, 15) is 9.59 Å². The van der Waals surface area contributed by atoms with Gasteiger partial charge < -0.3 is 10.6 Å². The standard InChI is InChI=1S/C17H14BrN3O2S2/c18-11-8-13(24-10-11)9-19-16(22)14-6-7-15(25-14)21-17(23)20-12-4-2-1-3-5-12/h1-8,10H,9H2,(H,19,22)(H2,20,21,23). The smallest absolute Gasteiger partial charge is 0.324 e. The molecule has 2 aromatic heterocycles. The Hall–Kier alpha value is -2.16. The Morgan fingerprint density at radius 3 is 2.56 bits per heavy atom. The molecule has 0 bridgehead atoms. The Morgan fingerprint density at radius 1 is 1.04 bits per heavy atom. The van der Waals surface area contributed by atoms with Crippen molar-refractivity contribution < 1.29 is 9.59 Å². The average molecular weight is 436 g/mol. The predicted molar refractivity (Wildman–Crippen MR) is 107 cm³/mol. The Labute approximate surface area is 161 Å². The third-order valence-electron chi connectivity index (χ3n) is 3.14. The van der Waals surface area contributed by atoms with E-state index in [1.807, 2.05) is 29.6 Å². The molecule has 25 heavy (non-hydrogen) atoms. The van der Waals surface area contributed by atoms with Crippen molar-refractivity contribution in [3.8, 4) is 0 Å². The topological polar surface area (TPSA) is 70.2 Å². The quantitative estimate of drug-likeness (QED) is 0.518. The molecular formula is C17H14BrN3O2S2. The van der Waals surface area contributed by atoms with Crippen LogP contribution in [-0.2, 0) is 6.54 Å². The molecule has 3 amide bonds. The molecule has 0 aliphatic carbocycles. The molecule has 8 heteroatoms. The van der Waals surface area contributed by atoms with Gasteiger partial charge in [-0.05, 0) is 46.3 Å². The number of anilines is 2. The summed E-state index contributed by atoms with van der Waals surface area (Å²) in [7, 11) is 0. The Bertz CT molecular complexity index is 877. The van der Waals surface area contributed by atoms with Crippen molar-refractivity contribution in [3.05, 3.63) is 68.1 Å². The van der Waals surface area contributed by atoms with E-state index in [0.717, 1.165) is 9.35 Å². The fourth-order valence-electron chi connectivity index (χ4n) is 2.02. The maximum atomic E-state index is 12.2. The van der Waals surface area contributed by atoms with Crippen LogP contribution in [-0.4, -0.2) is 11.9 Å². The van der Waals surface area contributed by atoms with Crippen LogP contribution in [0.4, 0.5) is 15.5 Å². The molecule has 128 valence electrons. The van der Waals surface area contributed by atoms with Gasteiger partial charge >= 0.3 is 6.03 Å². The lowest BCUT2D eigenvalue weighted by Crippen LogP contribution is -2.21. The SMILES string of the molecule is O=C(Nc1ccccc1)Nc1ccc(C(=O)NCc2cc(Br)cs2)s1. The molecule has 3 rings (SSSR count). The minimum Gasteiger partial charge on any atom is -0.346 e. The summed E-state index contributed by atoms with van der Waals surface area (Å²) in [5.41, 5.74) is 0.705. The molecule has 1 aromatic carbocycles. The van der Waals surface area contributed by atoms with Gasteiger partial charge in [0.15, 0.2) is 0 Å². The molecule has 0 spiro atoms. The highest BCUT2D eigenvalue weighted by Crippen LogP contribution is 2.23. The van der Waals surface area contributed by atoms with Crippen molar-refractivity contribution in [2.45, 2.75) is 6.54 Å². The fraction of sp³-hybridized carbons (Fsp3) is 0.0588. The number of urea groups is 1. The highest BCUT2D eigenvalue weighted by atomic mass is 79.9. The van der Waals surface area contributed by atoms with Crippen molar-refractivity contribution in [2.75, 3.05) is 10.6 Å². The summed E-state index contributed by atoms with van der Waals surface area (Å²) in [5.74, 6) is -0.161. The van der Waals surface area contributed by atoms with Gasteiger partial charge in [0.25, 0.3) is 5.91 Å². The Morgan fingerprint density at radius 2 is 1.84 bits per heavy atom. The van der Waals surface area contributed by atoms with E-state index in [4.69, 9.17) is 0 Å². The molecule has 0 radical (unpaired) electrons. The largest absolute Gasteiger partial charge is 0.346 e. The second-order valence-electron chi connectivity index (χ2n) is 5.02. The maximum Gasteiger partial charge on any atom is 0.324 e. The molecule has 0 atom stereocenters. The van der Waals surface area contributed by atoms with Crippen molar-refractivity contribution in [2.24, 2.45) is 0 Å². The normalized spacial score (nSPS) is 10.3. The van der Waals surface area contributed by atoms with Gasteiger partial charge in [-0.3, -0.25) is 10.1 Å². The lowest BCUT2D eigenvalue weighted by Gasteiger charge is -2.05. The molecule has 0 saturated carbocycles. The molecule has 0 aliphatic rings. The number of carbonyl (C=O) groups excluding carboxylic acids is 2. The number of benzene rings is 1. The van der Waals surface area contributed by atoms with Crippen LogP contribution in [0.2, 0.25) is 0 Å². The van der Waals surface area contributed by atoms with E-state index in [1.54, 1.807) is 35.6 Å². The Kier molecular flexibility index (Phi) is 5.85. The first-order valence-corrected chi connectivity index (χ1v) is 9.83. The van der Waals surface area contributed by atoms with Crippen LogP contribution in [0.1, 0.15) is 14.5 Å². The van der Waals surface area contributed by atoms with Gasteiger partial charge in [0.1, 0.15) is 0 Å². The highest BCUT2D eigenvalue weighted by Gasteiger charge is 2.11. The molecular weight excluding hydrogens is 422 g/mol. The van der Waals surface area contributed by atoms with Crippen molar-refractivity contribution in [1.82, 2.24) is 5.32 Å². The highest BCUT2D eigenvalue weighted by molar-refractivity contribution is 9.10. The molecule has 0 aliphatic heterocycles. The second-order valence-corrected chi connectivity index (χ2v) is 8.02. The zero-order valence-electron chi connectivity index (χ0n) is 12.9. The molecule has 0 unspecified atom stereocenters. The van der Waals surface area contributed by atoms with Crippen LogP contribution in [0, 0.1) is 0 Å². The Balaban J connectivity index is 1.52. The van der Waals surface area contributed by atoms with Crippen LogP contribution in [0.5, 0.6) is 0 Å². The summed E-state index contributed by atoms with van der Waals surface area (Å²) < 4.78 is 1.01. The van der Waals surface area contributed by atoms with Crippen molar-refractivity contribution in [3.63, 3.8) is 0 Å². The lowest BCUT2D eigenvalue weighted by atomic mass is 10.3. The number of carbonyl (C=O) groups is 2. The summed E-state index contributed by atoms with van der Waals surface area (Å²) in [6, 6.07) is 14.2. The van der Waals surface area contributed by atoms with E-state index >= 15 is 0 Å². The summed E-state index contributed by atoms with van der Waals surface area (Å²) >= 11 is 6.20. The van der Waals surface area contributed by atoms with Gasteiger partial charge in [0.05, 0.1) is 16.4 Å². The van der Waals surface area contributed by atoms with E-state index in [0.29, 0.717) is 22.1 Å². The first kappa shape index (κ1) is 17.7. The van der Waals surface area contributed by atoms with E-state index in [-0.39, 0.29) is 11.9 Å². The number of nitrogens with one attached hydrogen (secondary N) is 3. The number of hydrogen-bond donors (Lipinski definition) is 3. The number of thiophene rings is 2.